The normalized spacial score (nSPS) is 11.5. The molecule has 0 bridgehead atoms. The number of imidazole rings is 1. The molecule has 2 aromatic carbocycles. The number of nitriles is 1. The molecular weight excluding hydrogens is 560 g/mol. The van der Waals surface area contributed by atoms with E-state index in [0.29, 0.717) is 42.1 Å². The Hall–Kier alpha value is -5.13. The first-order chi connectivity index (χ1) is 20.8. The highest BCUT2D eigenvalue weighted by atomic mass is 19.2. The predicted molar refractivity (Wildman–Crippen MR) is 156 cm³/mol. The Morgan fingerprint density at radius 1 is 1.14 bits per heavy atom. The van der Waals surface area contributed by atoms with E-state index in [1.807, 2.05) is 13.0 Å². The first-order valence-corrected chi connectivity index (χ1v) is 13.5. The highest BCUT2D eigenvalue weighted by Crippen LogP contribution is 2.32. The first-order valence-electron chi connectivity index (χ1n) is 13.5. The van der Waals surface area contributed by atoms with Crippen LogP contribution in [0.1, 0.15) is 29.3 Å². The maximum absolute atomic E-state index is 14.9. The molecule has 224 valence electrons. The quantitative estimate of drug-likeness (QED) is 0.146. The van der Waals surface area contributed by atoms with Gasteiger partial charge in [0.25, 0.3) is 5.91 Å². The summed E-state index contributed by atoms with van der Waals surface area (Å²) >= 11 is 0. The molecular formula is C29H31F2N9O3. The minimum Gasteiger partial charge on any atom is -0.476 e. The van der Waals surface area contributed by atoms with Gasteiger partial charge in [-0.25, -0.2) is 14.4 Å². The van der Waals surface area contributed by atoms with Gasteiger partial charge in [0.1, 0.15) is 6.07 Å². The Morgan fingerprint density at radius 2 is 1.93 bits per heavy atom. The van der Waals surface area contributed by atoms with Crippen LogP contribution in [0.4, 0.5) is 20.3 Å². The second kappa shape index (κ2) is 14.2. The Morgan fingerprint density at radius 3 is 2.67 bits per heavy atom. The van der Waals surface area contributed by atoms with Crippen molar-refractivity contribution in [1.29, 1.82) is 5.26 Å². The Labute approximate surface area is 246 Å². The van der Waals surface area contributed by atoms with Crippen molar-refractivity contribution in [2.45, 2.75) is 25.8 Å². The molecule has 43 heavy (non-hydrogen) atoms. The molecule has 4 aromatic rings. The SMILES string of the molecule is CCc1cc(Nc2nccn3c(-c4ccc(OCC#N)c(F)c4F)cnc23)ccc1C(=O)NCCNC(=O)[C@@H](N)CCN. The number of nitrogens with zero attached hydrogens (tertiary/aromatic N) is 4. The van der Waals surface area contributed by atoms with Gasteiger partial charge in [0.15, 0.2) is 29.6 Å². The van der Waals surface area contributed by atoms with Crippen LogP contribution in [0, 0.1) is 23.0 Å². The number of aromatic nitrogens is 3. The van der Waals surface area contributed by atoms with E-state index < -0.39 is 24.3 Å². The lowest BCUT2D eigenvalue weighted by Crippen LogP contribution is -2.44. The summed E-state index contributed by atoms with van der Waals surface area (Å²) in [5.74, 6) is -2.97. The van der Waals surface area contributed by atoms with E-state index >= 15 is 0 Å². The van der Waals surface area contributed by atoms with E-state index in [1.165, 1.54) is 24.5 Å². The second-order valence-electron chi connectivity index (χ2n) is 9.38. The van der Waals surface area contributed by atoms with Crippen molar-refractivity contribution >= 4 is 29.0 Å². The van der Waals surface area contributed by atoms with Crippen LogP contribution < -0.4 is 32.2 Å². The Balaban J connectivity index is 1.48. The van der Waals surface area contributed by atoms with Crippen molar-refractivity contribution in [2.75, 3.05) is 31.6 Å². The highest BCUT2D eigenvalue weighted by molar-refractivity contribution is 5.96. The summed E-state index contributed by atoms with van der Waals surface area (Å²) in [7, 11) is 0. The van der Waals surface area contributed by atoms with E-state index in [9.17, 15) is 18.4 Å². The van der Waals surface area contributed by atoms with Crippen LogP contribution in [-0.2, 0) is 11.2 Å². The molecule has 7 N–H and O–H groups in total. The lowest BCUT2D eigenvalue weighted by atomic mass is 10.0. The molecule has 0 aliphatic heterocycles. The Bertz CT molecular complexity index is 1670. The average molecular weight is 592 g/mol. The molecule has 12 nitrogen and oxygen atoms in total. The minimum absolute atomic E-state index is 0.0481. The van der Waals surface area contributed by atoms with E-state index in [4.69, 9.17) is 21.5 Å². The van der Waals surface area contributed by atoms with Gasteiger partial charge in [0.2, 0.25) is 11.7 Å². The van der Waals surface area contributed by atoms with E-state index in [2.05, 4.69) is 25.9 Å². The largest absolute Gasteiger partial charge is 0.476 e. The number of nitrogens with one attached hydrogen (secondary N) is 3. The molecule has 0 saturated heterocycles. The van der Waals surface area contributed by atoms with Crippen molar-refractivity contribution < 1.29 is 23.1 Å². The number of anilines is 2. The lowest BCUT2D eigenvalue weighted by Gasteiger charge is -2.14. The van der Waals surface area contributed by atoms with Gasteiger partial charge in [-0.1, -0.05) is 6.92 Å². The third-order valence-corrected chi connectivity index (χ3v) is 6.56. The number of ether oxygens (including phenoxy) is 1. The van der Waals surface area contributed by atoms with Gasteiger partial charge in [-0.2, -0.15) is 9.65 Å². The van der Waals surface area contributed by atoms with Gasteiger partial charge in [0.05, 0.1) is 17.9 Å². The van der Waals surface area contributed by atoms with Crippen molar-refractivity contribution in [1.82, 2.24) is 25.0 Å². The third kappa shape index (κ3) is 7.03. The molecule has 0 unspecified atom stereocenters. The number of hydrogen-bond donors (Lipinski definition) is 5. The van der Waals surface area contributed by atoms with E-state index in [1.54, 1.807) is 28.8 Å². The molecule has 0 fully saturated rings. The number of rotatable bonds is 13. The lowest BCUT2D eigenvalue weighted by molar-refractivity contribution is -0.122. The molecule has 4 rings (SSSR count). The molecule has 2 amide bonds. The maximum Gasteiger partial charge on any atom is 0.251 e. The van der Waals surface area contributed by atoms with Crippen LogP contribution in [0.5, 0.6) is 5.75 Å². The third-order valence-electron chi connectivity index (χ3n) is 6.56. The summed E-state index contributed by atoms with van der Waals surface area (Å²) in [5, 5.41) is 17.3. The molecule has 2 heterocycles. The predicted octanol–water partition coefficient (Wildman–Crippen LogP) is 2.40. The number of carbonyl (C=O) groups excluding carboxylic acids is 2. The van der Waals surface area contributed by atoms with Gasteiger partial charge in [0, 0.05) is 42.3 Å². The molecule has 0 aliphatic carbocycles. The fourth-order valence-electron chi connectivity index (χ4n) is 4.38. The van der Waals surface area contributed by atoms with Gasteiger partial charge < -0.3 is 32.2 Å². The van der Waals surface area contributed by atoms with Crippen LogP contribution in [0.25, 0.3) is 16.9 Å². The van der Waals surface area contributed by atoms with Gasteiger partial charge >= 0.3 is 0 Å². The zero-order valence-corrected chi connectivity index (χ0v) is 23.4. The van der Waals surface area contributed by atoms with Gasteiger partial charge in [-0.3, -0.25) is 14.0 Å². The molecule has 0 radical (unpaired) electrons. The number of halogens is 2. The molecule has 14 heteroatoms. The second-order valence-corrected chi connectivity index (χ2v) is 9.38. The van der Waals surface area contributed by atoms with Crippen LogP contribution >= 0.6 is 0 Å². The van der Waals surface area contributed by atoms with E-state index in [0.717, 1.165) is 5.56 Å². The van der Waals surface area contributed by atoms with E-state index in [-0.39, 0.29) is 41.9 Å². The van der Waals surface area contributed by atoms with Crippen molar-refractivity contribution in [2.24, 2.45) is 11.5 Å². The standard InChI is InChI=1S/C29H31F2N9O3/c1-2-17-15-18(3-4-19(17)28(41)36-10-11-37-29(42)21(34)7-8-32)39-26-27-38-16-22(40(27)13-12-35-26)20-5-6-23(43-14-9-33)25(31)24(20)30/h3-6,12-13,15-16,21H,2,7-8,10-11,14,32,34H2,1H3,(H,35,39)(H,36,41)(H,37,42)/t21-/m0/s1. The zero-order valence-electron chi connectivity index (χ0n) is 23.4. The number of benzene rings is 2. The number of aryl methyl sites for hydroxylation is 1. The topological polar surface area (TPSA) is 185 Å². The number of carbonyl (C=O) groups is 2. The number of amides is 2. The molecule has 0 spiro atoms. The average Bonchev–Trinajstić information content (AvgIpc) is 3.44. The number of nitrogens with two attached hydrogens (primary N) is 2. The van der Waals surface area contributed by atoms with Crippen LogP contribution in [-0.4, -0.2) is 58.5 Å². The number of fused-ring (bicyclic) bond motifs is 1. The fraction of sp³-hybridized carbons (Fsp3) is 0.276. The zero-order chi connectivity index (χ0) is 30.9. The summed E-state index contributed by atoms with van der Waals surface area (Å²) in [6.07, 6.45) is 5.39. The summed E-state index contributed by atoms with van der Waals surface area (Å²) < 4.78 is 36.0. The number of hydrogen-bond acceptors (Lipinski definition) is 9. The summed E-state index contributed by atoms with van der Waals surface area (Å²) in [6, 6.07) is 8.83. The van der Waals surface area contributed by atoms with Crippen LogP contribution in [0.3, 0.4) is 0 Å². The smallest absolute Gasteiger partial charge is 0.251 e. The monoisotopic (exact) mass is 591 g/mol. The maximum atomic E-state index is 14.9. The Kier molecular flexibility index (Phi) is 10.2. The first kappa shape index (κ1) is 30.8. The van der Waals surface area contributed by atoms with Crippen LogP contribution in [0.15, 0.2) is 48.9 Å². The molecule has 0 saturated carbocycles. The summed E-state index contributed by atoms with van der Waals surface area (Å²) in [6.45, 7) is 2.25. The minimum atomic E-state index is -1.21. The molecule has 2 aromatic heterocycles. The van der Waals surface area contributed by atoms with Gasteiger partial charge in [-0.05, 0) is 55.3 Å². The van der Waals surface area contributed by atoms with Crippen LogP contribution in [0.2, 0.25) is 0 Å². The van der Waals surface area contributed by atoms with Crippen molar-refractivity contribution in [3.63, 3.8) is 0 Å². The van der Waals surface area contributed by atoms with Crippen molar-refractivity contribution in [3.05, 3.63) is 71.7 Å². The molecule has 1 atom stereocenters. The fourth-order valence-corrected chi connectivity index (χ4v) is 4.38. The highest BCUT2D eigenvalue weighted by Gasteiger charge is 2.20. The van der Waals surface area contributed by atoms with Crippen molar-refractivity contribution in [3.8, 4) is 23.1 Å². The molecule has 0 aliphatic rings. The summed E-state index contributed by atoms with van der Waals surface area (Å²) in [4.78, 5) is 33.4. The summed E-state index contributed by atoms with van der Waals surface area (Å²) in [5.41, 5.74) is 13.6. The van der Waals surface area contributed by atoms with Gasteiger partial charge in [-0.15, -0.1) is 0 Å².